The molecule has 0 bridgehead atoms. The first-order valence-electron chi connectivity index (χ1n) is 9.53. The lowest BCUT2D eigenvalue weighted by molar-refractivity contribution is 0.249. The van der Waals surface area contributed by atoms with Crippen LogP contribution in [0.1, 0.15) is 11.1 Å². The van der Waals surface area contributed by atoms with E-state index in [-0.39, 0.29) is 4.90 Å². The van der Waals surface area contributed by atoms with E-state index in [2.05, 4.69) is 36.3 Å². The van der Waals surface area contributed by atoms with Crippen molar-refractivity contribution >= 4 is 32.9 Å². The highest BCUT2D eigenvalue weighted by atomic mass is 32.2. The van der Waals surface area contributed by atoms with Crippen molar-refractivity contribution in [3.8, 4) is 0 Å². The maximum absolute atomic E-state index is 12.6. The van der Waals surface area contributed by atoms with Crippen LogP contribution in [0, 0.1) is 6.92 Å². The molecule has 3 aromatic rings. The van der Waals surface area contributed by atoms with Crippen LogP contribution in [0.2, 0.25) is 0 Å². The molecular weight excluding hydrogens is 404 g/mol. The molecule has 1 fully saturated rings. The smallest absolute Gasteiger partial charge is 0.261 e. The number of benzene rings is 1. The largest absolute Gasteiger partial charge is 0.354 e. The summed E-state index contributed by atoms with van der Waals surface area (Å²) in [7, 11) is -3.62. The van der Waals surface area contributed by atoms with Crippen molar-refractivity contribution in [2.75, 3.05) is 35.8 Å². The fraction of sp³-hybridized carbons (Fsp3) is 0.286. The van der Waals surface area contributed by atoms with Gasteiger partial charge in [-0.1, -0.05) is 12.1 Å². The molecule has 1 N–H and O–H groups in total. The lowest BCUT2D eigenvalue weighted by Gasteiger charge is -2.35. The number of thiophene rings is 1. The van der Waals surface area contributed by atoms with Gasteiger partial charge in [0, 0.05) is 32.7 Å². The fourth-order valence-electron chi connectivity index (χ4n) is 3.41. The van der Waals surface area contributed by atoms with Crippen LogP contribution in [0.3, 0.4) is 0 Å². The average Bonchev–Trinajstić information content (AvgIpc) is 3.22. The molecule has 152 valence electrons. The molecule has 1 saturated heterocycles. The fourth-order valence-corrected chi connectivity index (χ4v) is 5.21. The van der Waals surface area contributed by atoms with Crippen molar-refractivity contribution in [3.05, 3.63) is 70.5 Å². The second-order valence-corrected chi connectivity index (χ2v) is 9.68. The molecule has 0 amide bonds. The molecule has 0 atom stereocenters. The Balaban J connectivity index is 1.36. The van der Waals surface area contributed by atoms with Gasteiger partial charge < -0.3 is 4.90 Å². The monoisotopic (exact) mass is 428 g/mol. The third-order valence-electron chi connectivity index (χ3n) is 4.98. The van der Waals surface area contributed by atoms with E-state index in [1.54, 1.807) is 41.8 Å². The number of rotatable bonds is 6. The van der Waals surface area contributed by atoms with Crippen molar-refractivity contribution in [1.29, 1.82) is 0 Å². The van der Waals surface area contributed by atoms with E-state index in [9.17, 15) is 8.42 Å². The van der Waals surface area contributed by atoms with Gasteiger partial charge in [0.1, 0.15) is 5.82 Å². The van der Waals surface area contributed by atoms with Crippen LogP contribution in [0.4, 0.5) is 11.5 Å². The maximum atomic E-state index is 12.6. The Morgan fingerprint density at radius 2 is 1.93 bits per heavy atom. The highest BCUT2D eigenvalue weighted by Gasteiger charge is 2.19. The first kappa shape index (κ1) is 19.9. The minimum atomic E-state index is -3.62. The van der Waals surface area contributed by atoms with E-state index in [0.29, 0.717) is 5.69 Å². The highest BCUT2D eigenvalue weighted by Crippen LogP contribution is 2.20. The first-order chi connectivity index (χ1) is 14.0. The molecule has 6 nitrogen and oxygen atoms in total. The summed E-state index contributed by atoms with van der Waals surface area (Å²) in [6, 6.07) is 12.7. The minimum absolute atomic E-state index is 0.253. The topological polar surface area (TPSA) is 65.5 Å². The number of pyridine rings is 1. The van der Waals surface area contributed by atoms with E-state index in [4.69, 9.17) is 0 Å². The Kier molecular flexibility index (Phi) is 5.84. The summed E-state index contributed by atoms with van der Waals surface area (Å²) in [4.78, 5) is 9.42. The lowest BCUT2D eigenvalue weighted by atomic mass is 10.2. The molecule has 1 aliphatic heterocycles. The molecular formula is C21H24N4O2S2. The number of hydrogen-bond acceptors (Lipinski definition) is 6. The molecule has 0 spiro atoms. The highest BCUT2D eigenvalue weighted by molar-refractivity contribution is 7.92. The number of aromatic nitrogens is 1. The third kappa shape index (κ3) is 4.95. The molecule has 29 heavy (non-hydrogen) atoms. The Labute approximate surface area is 175 Å². The molecule has 2 aromatic heterocycles. The summed E-state index contributed by atoms with van der Waals surface area (Å²) in [5, 5.41) is 4.31. The van der Waals surface area contributed by atoms with E-state index >= 15 is 0 Å². The van der Waals surface area contributed by atoms with Crippen LogP contribution < -0.4 is 9.62 Å². The zero-order chi connectivity index (χ0) is 20.3. The molecule has 0 aliphatic carbocycles. The number of hydrogen-bond donors (Lipinski definition) is 1. The van der Waals surface area contributed by atoms with Crippen LogP contribution in [-0.4, -0.2) is 44.5 Å². The lowest BCUT2D eigenvalue weighted by Crippen LogP contribution is -2.46. The van der Waals surface area contributed by atoms with Crippen LogP contribution in [0.5, 0.6) is 0 Å². The van der Waals surface area contributed by atoms with Gasteiger partial charge in [-0.3, -0.25) is 9.62 Å². The number of anilines is 2. The molecule has 1 aliphatic rings. The Bertz CT molecular complexity index is 1040. The van der Waals surface area contributed by atoms with Crippen LogP contribution >= 0.6 is 11.3 Å². The van der Waals surface area contributed by atoms with Gasteiger partial charge in [0.15, 0.2) is 0 Å². The van der Waals surface area contributed by atoms with Gasteiger partial charge in [0.25, 0.3) is 10.0 Å². The first-order valence-corrected chi connectivity index (χ1v) is 12.0. The zero-order valence-corrected chi connectivity index (χ0v) is 17.9. The quantitative estimate of drug-likeness (QED) is 0.650. The van der Waals surface area contributed by atoms with Crippen molar-refractivity contribution in [3.63, 3.8) is 0 Å². The van der Waals surface area contributed by atoms with E-state index in [1.807, 2.05) is 19.1 Å². The van der Waals surface area contributed by atoms with Gasteiger partial charge in [-0.15, -0.1) is 0 Å². The second-order valence-electron chi connectivity index (χ2n) is 7.22. The summed E-state index contributed by atoms with van der Waals surface area (Å²) >= 11 is 1.73. The minimum Gasteiger partial charge on any atom is -0.354 e. The molecule has 4 rings (SSSR count). The van der Waals surface area contributed by atoms with Crippen molar-refractivity contribution in [2.24, 2.45) is 0 Å². The van der Waals surface area contributed by atoms with Crippen LogP contribution in [0.25, 0.3) is 0 Å². The second kappa shape index (κ2) is 8.52. The molecule has 0 saturated carbocycles. The predicted octanol–water partition coefficient (Wildman–Crippen LogP) is 3.57. The summed E-state index contributed by atoms with van der Waals surface area (Å²) < 4.78 is 27.7. The molecule has 0 radical (unpaired) electrons. The maximum Gasteiger partial charge on any atom is 0.261 e. The summed E-state index contributed by atoms with van der Waals surface area (Å²) in [5.74, 6) is 0.874. The van der Waals surface area contributed by atoms with Gasteiger partial charge in [0.2, 0.25) is 0 Å². The van der Waals surface area contributed by atoms with Crippen LogP contribution in [0.15, 0.2) is 64.3 Å². The molecule has 3 heterocycles. The number of aryl methyl sites for hydroxylation is 1. The SMILES string of the molecule is Cc1cccc(S(=O)(=O)Nc2ccc(N3CCN(Cc4ccsc4)CC3)nc2)c1. The van der Waals surface area contributed by atoms with E-state index < -0.39 is 10.0 Å². The van der Waals surface area contributed by atoms with E-state index in [1.165, 1.54) is 5.56 Å². The summed E-state index contributed by atoms with van der Waals surface area (Å²) in [6.45, 7) is 6.65. The Hall–Kier alpha value is -2.42. The number of nitrogens with one attached hydrogen (secondary N) is 1. The molecule has 8 heteroatoms. The Morgan fingerprint density at radius 3 is 2.59 bits per heavy atom. The van der Waals surface area contributed by atoms with Gasteiger partial charge in [0.05, 0.1) is 16.8 Å². The number of piperazine rings is 1. The number of nitrogens with zero attached hydrogens (tertiary/aromatic N) is 3. The van der Waals surface area contributed by atoms with Crippen molar-refractivity contribution < 1.29 is 8.42 Å². The van der Waals surface area contributed by atoms with E-state index in [0.717, 1.165) is 44.1 Å². The van der Waals surface area contributed by atoms with Crippen molar-refractivity contribution in [1.82, 2.24) is 9.88 Å². The zero-order valence-electron chi connectivity index (χ0n) is 16.3. The van der Waals surface area contributed by atoms with Crippen LogP contribution in [-0.2, 0) is 16.6 Å². The average molecular weight is 429 g/mol. The predicted molar refractivity (Wildman–Crippen MR) is 118 cm³/mol. The van der Waals surface area contributed by atoms with Gasteiger partial charge in [-0.05, 0) is 59.1 Å². The summed E-state index contributed by atoms with van der Waals surface area (Å²) in [5.41, 5.74) is 2.73. The van der Waals surface area contributed by atoms with Gasteiger partial charge in [-0.2, -0.15) is 11.3 Å². The normalized spacial score (nSPS) is 15.4. The molecule has 1 aromatic carbocycles. The number of sulfonamides is 1. The third-order valence-corrected chi connectivity index (χ3v) is 7.09. The standard InChI is InChI=1S/C21H24N4O2S2/c1-17-3-2-4-20(13-17)29(26,27)23-19-5-6-21(22-14-19)25-10-8-24(9-11-25)15-18-7-12-28-16-18/h2-7,12-14,16,23H,8-11,15H2,1H3. The van der Waals surface area contributed by atoms with Crippen molar-refractivity contribution in [2.45, 2.75) is 18.4 Å². The van der Waals surface area contributed by atoms with Gasteiger partial charge in [-0.25, -0.2) is 13.4 Å². The summed E-state index contributed by atoms with van der Waals surface area (Å²) in [6.07, 6.45) is 1.58. The van der Waals surface area contributed by atoms with Gasteiger partial charge >= 0.3 is 0 Å². The molecule has 0 unspecified atom stereocenters. The Morgan fingerprint density at radius 1 is 1.10 bits per heavy atom.